The fourth-order valence-corrected chi connectivity index (χ4v) is 4.09. The van der Waals surface area contributed by atoms with Crippen molar-refractivity contribution in [2.75, 3.05) is 12.4 Å². The second-order valence-corrected chi connectivity index (χ2v) is 7.54. The van der Waals surface area contributed by atoms with Gasteiger partial charge < -0.3 is 10.1 Å². The molecule has 0 saturated carbocycles. The van der Waals surface area contributed by atoms with E-state index in [1.165, 1.54) is 34.6 Å². The third-order valence-corrected chi connectivity index (χ3v) is 5.56. The quantitative estimate of drug-likeness (QED) is 0.654. The molecule has 3 aromatic rings. The highest BCUT2D eigenvalue weighted by Crippen LogP contribution is 2.33. The molecule has 0 atom stereocenters. The molecule has 0 aliphatic carbocycles. The number of halogens is 1. The zero-order valence-electron chi connectivity index (χ0n) is 11.3. The van der Waals surface area contributed by atoms with Crippen LogP contribution in [0.5, 0.6) is 5.75 Å². The predicted molar refractivity (Wildman–Crippen MR) is 90.7 cm³/mol. The molecule has 0 spiro atoms. The Morgan fingerprint density at radius 3 is 2.91 bits per heavy atom. The van der Waals surface area contributed by atoms with Crippen molar-refractivity contribution in [2.24, 2.45) is 0 Å². The van der Waals surface area contributed by atoms with E-state index in [0.717, 1.165) is 21.5 Å². The highest BCUT2D eigenvalue weighted by Gasteiger charge is 2.10. The second-order valence-electron chi connectivity index (χ2n) is 3.98. The summed E-state index contributed by atoms with van der Waals surface area (Å²) in [5.74, 6) is 1.38. The van der Waals surface area contributed by atoms with E-state index in [2.05, 4.69) is 25.1 Å². The molecule has 0 fully saturated rings. The van der Waals surface area contributed by atoms with Gasteiger partial charge in [-0.05, 0) is 12.1 Å². The second kappa shape index (κ2) is 7.23. The summed E-state index contributed by atoms with van der Waals surface area (Å²) in [4.78, 5) is 0. The van der Waals surface area contributed by atoms with E-state index in [4.69, 9.17) is 16.3 Å². The first-order chi connectivity index (χ1) is 10.8. The Kier molecular flexibility index (Phi) is 5.08. The van der Waals surface area contributed by atoms with Gasteiger partial charge in [-0.2, -0.15) is 0 Å². The molecule has 6 nitrogen and oxygen atoms in total. The maximum absolute atomic E-state index is 5.97. The highest BCUT2D eigenvalue weighted by atomic mass is 35.5. The first-order valence-electron chi connectivity index (χ1n) is 6.09. The number of rotatable bonds is 6. The average molecular weight is 372 g/mol. The third-order valence-electron chi connectivity index (χ3n) is 2.60. The van der Waals surface area contributed by atoms with Crippen molar-refractivity contribution in [1.29, 1.82) is 0 Å². The lowest BCUT2D eigenvalue weighted by atomic mass is 10.3. The van der Waals surface area contributed by atoms with Gasteiger partial charge in [-0.1, -0.05) is 51.3 Å². The van der Waals surface area contributed by atoms with Crippen LogP contribution in [0.25, 0.3) is 0 Å². The van der Waals surface area contributed by atoms with E-state index in [-0.39, 0.29) is 0 Å². The Balaban J connectivity index is 1.65. The minimum atomic E-state index is 0.615. The molecule has 3 rings (SSSR count). The molecule has 1 N–H and O–H groups in total. The Morgan fingerprint density at radius 2 is 2.14 bits per heavy atom. The monoisotopic (exact) mass is 371 g/mol. The molecule has 2 heterocycles. The standard InChI is InChI=1S/C12H10ClN5OS3/c1-19-9-5-3-2-4-7(9)14-11-16-17-12(21-11)20-6-8-10(13)22-18-15-8/h2-5H,6H2,1H3,(H,14,16). The van der Waals surface area contributed by atoms with E-state index in [1.54, 1.807) is 7.11 Å². The largest absolute Gasteiger partial charge is 0.495 e. The summed E-state index contributed by atoms with van der Waals surface area (Å²) in [6.07, 6.45) is 0. The van der Waals surface area contributed by atoms with Crippen LogP contribution in [0.3, 0.4) is 0 Å². The van der Waals surface area contributed by atoms with Crippen LogP contribution in [0.4, 0.5) is 10.8 Å². The lowest BCUT2D eigenvalue weighted by molar-refractivity contribution is 0.417. The van der Waals surface area contributed by atoms with Gasteiger partial charge in [-0.15, -0.1) is 15.3 Å². The van der Waals surface area contributed by atoms with Gasteiger partial charge in [0.05, 0.1) is 12.8 Å². The number of ether oxygens (including phenoxy) is 1. The summed E-state index contributed by atoms with van der Waals surface area (Å²) in [6.45, 7) is 0. The number of hydrogen-bond acceptors (Lipinski definition) is 9. The number of thioether (sulfide) groups is 1. The van der Waals surface area contributed by atoms with Gasteiger partial charge in [0, 0.05) is 17.3 Å². The Labute approximate surface area is 144 Å². The minimum absolute atomic E-state index is 0.615. The molecule has 10 heteroatoms. The normalized spacial score (nSPS) is 10.6. The van der Waals surface area contributed by atoms with Crippen LogP contribution in [0.1, 0.15) is 5.69 Å². The Hall–Kier alpha value is -1.42. The van der Waals surface area contributed by atoms with Gasteiger partial charge >= 0.3 is 0 Å². The topological polar surface area (TPSA) is 72.8 Å². The zero-order valence-corrected chi connectivity index (χ0v) is 14.5. The molecule has 0 saturated heterocycles. The molecule has 0 aliphatic heterocycles. The first-order valence-corrected chi connectivity index (χ1v) is 9.04. The maximum Gasteiger partial charge on any atom is 0.210 e. The first kappa shape index (κ1) is 15.5. The fourth-order valence-electron chi connectivity index (χ4n) is 1.59. The summed E-state index contributed by atoms with van der Waals surface area (Å²) in [6, 6.07) is 7.65. The van der Waals surface area contributed by atoms with Crippen molar-refractivity contribution >= 4 is 57.1 Å². The summed E-state index contributed by atoms with van der Waals surface area (Å²) in [5.41, 5.74) is 1.62. The van der Waals surface area contributed by atoms with Crippen LogP contribution in [-0.4, -0.2) is 26.9 Å². The molecule has 22 heavy (non-hydrogen) atoms. The zero-order chi connectivity index (χ0) is 15.4. The highest BCUT2D eigenvalue weighted by molar-refractivity contribution is 8.00. The Morgan fingerprint density at radius 1 is 1.27 bits per heavy atom. The minimum Gasteiger partial charge on any atom is -0.495 e. The van der Waals surface area contributed by atoms with E-state index in [1.807, 2.05) is 24.3 Å². The van der Waals surface area contributed by atoms with Crippen LogP contribution in [0.15, 0.2) is 28.6 Å². The number of anilines is 2. The van der Waals surface area contributed by atoms with E-state index < -0.39 is 0 Å². The van der Waals surface area contributed by atoms with Crippen molar-refractivity contribution in [1.82, 2.24) is 19.8 Å². The summed E-state index contributed by atoms with van der Waals surface area (Å²) >= 11 is 10.1. The van der Waals surface area contributed by atoms with Gasteiger partial charge in [0.1, 0.15) is 15.8 Å². The molecule has 0 amide bonds. The van der Waals surface area contributed by atoms with Crippen LogP contribution >= 0.6 is 46.2 Å². The molecule has 2 aromatic heterocycles. The molecular formula is C12H10ClN5OS3. The van der Waals surface area contributed by atoms with Gasteiger partial charge in [-0.25, -0.2) is 0 Å². The lowest BCUT2D eigenvalue weighted by Gasteiger charge is -2.07. The van der Waals surface area contributed by atoms with Crippen LogP contribution in [-0.2, 0) is 5.75 Å². The Bertz CT molecular complexity index is 763. The molecular weight excluding hydrogens is 362 g/mol. The predicted octanol–water partition coefficient (Wildman–Crippen LogP) is 4.09. The van der Waals surface area contributed by atoms with Crippen LogP contribution in [0, 0.1) is 0 Å². The number of para-hydroxylation sites is 2. The van der Waals surface area contributed by atoms with Crippen LogP contribution in [0.2, 0.25) is 4.34 Å². The number of benzene rings is 1. The van der Waals surface area contributed by atoms with Crippen molar-refractivity contribution in [3.8, 4) is 5.75 Å². The maximum atomic E-state index is 5.97. The van der Waals surface area contributed by atoms with Gasteiger partial charge in [-0.3, -0.25) is 0 Å². The third kappa shape index (κ3) is 3.67. The molecule has 0 radical (unpaired) electrons. The number of methoxy groups -OCH3 is 1. The molecule has 0 bridgehead atoms. The van der Waals surface area contributed by atoms with Gasteiger partial charge in [0.15, 0.2) is 4.34 Å². The summed E-state index contributed by atoms with van der Waals surface area (Å²) in [5, 5.41) is 16.1. The van der Waals surface area contributed by atoms with Crippen molar-refractivity contribution in [3.05, 3.63) is 34.3 Å². The fraction of sp³-hybridized carbons (Fsp3) is 0.167. The summed E-state index contributed by atoms with van der Waals surface area (Å²) in [7, 11) is 1.63. The number of hydrogen-bond donors (Lipinski definition) is 1. The van der Waals surface area contributed by atoms with Gasteiger partial charge in [0.25, 0.3) is 0 Å². The summed E-state index contributed by atoms with van der Waals surface area (Å²) < 4.78 is 10.5. The smallest absolute Gasteiger partial charge is 0.210 e. The molecule has 0 unspecified atom stereocenters. The van der Waals surface area contributed by atoms with Crippen molar-refractivity contribution < 1.29 is 4.74 Å². The molecule has 114 valence electrons. The van der Waals surface area contributed by atoms with Crippen molar-refractivity contribution in [2.45, 2.75) is 10.1 Å². The lowest BCUT2D eigenvalue weighted by Crippen LogP contribution is -1.93. The number of nitrogens with zero attached hydrogens (tertiary/aromatic N) is 4. The average Bonchev–Trinajstić information content (AvgIpc) is 3.15. The van der Waals surface area contributed by atoms with E-state index >= 15 is 0 Å². The SMILES string of the molecule is COc1ccccc1Nc1nnc(SCc2nnsc2Cl)s1. The number of nitrogens with one attached hydrogen (secondary N) is 1. The molecule has 0 aliphatic rings. The van der Waals surface area contributed by atoms with Gasteiger partial charge in [0.2, 0.25) is 5.13 Å². The van der Waals surface area contributed by atoms with E-state index in [0.29, 0.717) is 15.2 Å². The number of aromatic nitrogens is 4. The van der Waals surface area contributed by atoms with Crippen LogP contribution < -0.4 is 10.1 Å². The van der Waals surface area contributed by atoms with Crippen molar-refractivity contribution in [3.63, 3.8) is 0 Å². The molecule has 1 aromatic carbocycles. The van der Waals surface area contributed by atoms with E-state index in [9.17, 15) is 0 Å².